The molecule has 2 aromatic heterocycles. The number of aryl methyl sites for hydroxylation is 2. The van der Waals surface area contributed by atoms with Crippen LogP contribution in [0.5, 0.6) is 0 Å². The number of nitrogens with zero attached hydrogens (tertiary/aromatic N) is 2. The number of benzene rings is 1. The lowest BCUT2D eigenvalue weighted by molar-refractivity contribution is 0.464. The lowest BCUT2D eigenvalue weighted by atomic mass is 10.1. The first kappa shape index (κ1) is 14.4. The minimum Gasteiger partial charge on any atom is -0.459 e. The van der Waals surface area contributed by atoms with Gasteiger partial charge in [-0.15, -0.1) is 0 Å². The fourth-order valence-electron chi connectivity index (χ4n) is 2.65. The van der Waals surface area contributed by atoms with E-state index in [1.807, 2.05) is 24.0 Å². The smallest absolute Gasteiger partial charge is 0.134 e. The van der Waals surface area contributed by atoms with E-state index in [1.54, 1.807) is 0 Å². The highest BCUT2D eigenvalue weighted by Crippen LogP contribution is 2.32. The second kappa shape index (κ2) is 5.66. The Morgan fingerprint density at radius 1 is 1.38 bits per heavy atom. The van der Waals surface area contributed by atoms with Crippen molar-refractivity contribution in [3.8, 4) is 0 Å². The Morgan fingerprint density at radius 2 is 2.19 bits per heavy atom. The van der Waals surface area contributed by atoms with E-state index in [2.05, 4.69) is 58.4 Å². The van der Waals surface area contributed by atoms with Gasteiger partial charge in [-0.25, -0.2) is 0 Å². The second-order valence-corrected chi connectivity index (χ2v) is 5.96. The first-order valence-corrected chi connectivity index (χ1v) is 7.82. The summed E-state index contributed by atoms with van der Waals surface area (Å²) in [7, 11) is 1.93. The van der Waals surface area contributed by atoms with E-state index in [-0.39, 0.29) is 6.04 Å². The molecular weight excluding hydrogens is 330 g/mol. The Kier molecular flexibility index (Phi) is 3.87. The summed E-state index contributed by atoms with van der Waals surface area (Å²) in [4.78, 5) is 0. The lowest BCUT2D eigenvalue weighted by Crippen LogP contribution is -2.21. The van der Waals surface area contributed by atoms with Crippen molar-refractivity contribution in [3.63, 3.8) is 0 Å². The van der Waals surface area contributed by atoms with E-state index < -0.39 is 0 Å². The van der Waals surface area contributed by atoms with Crippen molar-refractivity contribution in [1.82, 2.24) is 15.1 Å². The van der Waals surface area contributed by atoms with Gasteiger partial charge in [-0.2, -0.15) is 5.10 Å². The van der Waals surface area contributed by atoms with E-state index in [0.29, 0.717) is 0 Å². The molecule has 0 saturated carbocycles. The zero-order valence-corrected chi connectivity index (χ0v) is 13.9. The van der Waals surface area contributed by atoms with Crippen molar-refractivity contribution in [2.45, 2.75) is 26.4 Å². The fourth-order valence-corrected chi connectivity index (χ4v) is 3.18. The Labute approximate surface area is 132 Å². The van der Waals surface area contributed by atoms with Crippen molar-refractivity contribution in [2.24, 2.45) is 0 Å². The number of aromatic nitrogens is 2. The number of nitrogens with one attached hydrogen (secondary N) is 1. The van der Waals surface area contributed by atoms with Crippen LogP contribution in [0.1, 0.15) is 30.0 Å². The van der Waals surface area contributed by atoms with Crippen LogP contribution in [0.15, 0.2) is 39.4 Å². The third kappa shape index (κ3) is 2.51. The summed E-state index contributed by atoms with van der Waals surface area (Å²) in [5.74, 6) is 0.897. The van der Waals surface area contributed by atoms with Crippen LogP contribution >= 0.6 is 15.9 Å². The molecule has 21 heavy (non-hydrogen) atoms. The molecule has 0 aliphatic carbocycles. The van der Waals surface area contributed by atoms with Crippen LogP contribution < -0.4 is 5.32 Å². The van der Waals surface area contributed by atoms with Gasteiger partial charge in [0.1, 0.15) is 17.4 Å². The maximum Gasteiger partial charge on any atom is 0.134 e. The largest absolute Gasteiger partial charge is 0.459 e. The zero-order chi connectivity index (χ0) is 15.0. The topological polar surface area (TPSA) is 43.0 Å². The number of rotatable bonds is 4. The minimum absolute atomic E-state index is 0.0328. The summed E-state index contributed by atoms with van der Waals surface area (Å²) in [6.45, 7) is 4.99. The Bertz CT molecular complexity index is 775. The van der Waals surface area contributed by atoms with E-state index in [4.69, 9.17) is 4.42 Å². The molecule has 4 nitrogen and oxygen atoms in total. The summed E-state index contributed by atoms with van der Waals surface area (Å²) < 4.78 is 8.99. The van der Waals surface area contributed by atoms with E-state index in [0.717, 1.165) is 33.4 Å². The van der Waals surface area contributed by atoms with E-state index in [1.165, 1.54) is 5.56 Å². The van der Waals surface area contributed by atoms with Gasteiger partial charge < -0.3 is 9.73 Å². The molecule has 110 valence electrons. The molecule has 1 N–H and O–H groups in total. The molecule has 0 spiro atoms. The third-order valence-corrected chi connectivity index (χ3v) is 4.28. The maximum atomic E-state index is 6.03. The SMILES string of the molecule is CCn1ncc(Br)c1C(NC)c1cc2cc(C)ccc2o1. The van der Waals surface area contributed by atoms with Gasteiger partial charge in [-0.1, -0.05) is 11.6 Å². The van der Waals surface area contributed by atoms with Gasteiger partial charge in [0.25, 0.3) is 0 Å². The fraction of sp³-hybridized carbons (Fsp3) is 0.312. The van der Waals surface area contributed by atoms with Gasteiger partial charge in [-0.3, -0.25) is 4.68 Å². The van der Waals surface area contributed by atoms with E-state index >= 15 is 0 Å². The average Bonchev–Trinajstić information content (AvgIpc) is 3.04. The van der Waals surface area contributed by atoms with Crippen molar-refractivity contribution < 1.29 is 4.42 Å². The van der Waals surface area contributed by atoms with Crippen molar-refractivity contribution in [1.29, 1.82) is 0 Å². The van der Waals surface area contributed by atoms with Gasteiger partial charge in [-0.05, 0) is 55.0 Å². The quantitative estimate of drug-likeness (QED) is 0.774. The molecule has 1 unspecified atom stereocenters. The van der Waals surface area contributed by atoms with Crippen LogP contribution in [0.2, 0.25) is 0 Å². The zero-order valence-electron chi connectivity index (χ0n) is 12.4. The van der Waals surface area contributed by atoms with Gasteiger partial charge >= 0.3 is 0 Å². The summed E-state index contributed by atoms with van der Waals surface area (Å²) >= 11 is 3.59. The summed E-state index contributed by atoms with van der Waals surface area (Å²) in [6, 6.07) is 8.29. The van der Waals surface area contributed by atoms with Gasteiger partial charge in [0.2, 0.25) is 0 Å². The Balaban J connectivity index is 2.11. The second-order valence-electron chi connectivity index (χ2n) is 5.11. The number of fused-ring (bicyclic) bond motifs is 1. The van der Waals surface area contributed by atoms with Crippen LogP contribution in [-0.2, 0) is 6.54 Å². The minimum atomic E-state index is -0.0328. The van der Waals surface area contributed by atoms with Crippen LogP contribution in [0.3, 0.4) is 0 Å². The van der Waals surface area contributed by atoms with Gasteiger partial charge in [0, 0.05) is 11.9 Å². The van der Waals surface area contributed by atoms with Crippen molar-refractivity contribution in [2.75, 3.05) is 7.05 Å². The lowest BCUT2D eigenvalue weighted by Gasteiger charge is -2.16. The van der Waals surface area contributed by atoms with Crippen LogP contribution in [0, 0.1) is 6.92 Å². The Morgan fingerprint density at radius 3 is 2.90 bits per heavy atom. The number of hydrogen-bond donors (Lipinski definition) is 1. The standard InChI is InChI=1S/C16H18BrN3O/c1-4-20-16(12(17)9-19-20)15(18-3)14-8-11-7-10(2)5-6-13(11)21-14/h5-9,15,18H,4H2,1-3H3. The van der Waals surface area contributed by atoms with Crippen LogP contribution in [0.25, 0.3) is 11.0 Å². The van der Waals surface area contributed by atoms with E-state index in [9.17, 15) is 0 Å². The molecule has 0 amide bonds. The molecule has 0 aliphatic rings. The maximum absolute atomic E-state index is 6.03. The molecule has 0 radical (unpaired) electrons. The van der Waals surface area contributed by atoms with Gasteiger partial charge in [0.15, 0.2) is 0 Å². The molecule has 3 aromatic rings. The first-order valence-electron chi connectivity index (χ1n) is 7.02. The monoisotopic (exact) mass is 347 g/mol. The summed E-state index contributed by atoms with van der Waals surface area (Å²) in [5.41, 5.74) is 3.22. The molecule has 0 fully saturated rings. The predicted molar refractivity (Wildman–Crippen MR) is 87.5 cm³/mol. The molecular formula is C16H18BrN3O. The van der Waals surface area contributed by atoms with Gasteiger partial charge in [0.05, 0.1) is 16.4 Å². The molecule has 0 aliphatic heterocycles. The highest BCUT2D eigenvalue weighted by atomic mass is 79.9. The summed E-state index contributed by atoms with van der Waals surface area (Å²) in [6.07, 6.45) is 1.83. The number of furan rings is 1. The number of halogens is 1. The van der Waals surface area contributed by atoms with Crippen LogP contribution in [-0.4, -0.2) is 16.8 Å². The normalized spacial score (nSPS) is 13.0. The van der Waals surface area contributed by atoms with Crippen LogP contribution in [0.4, 0.5) is 0 Å². The third-order valence-electron chi connectivity index (χ3n) is 3.67. The molecule has 0 saturated heterocycles. The molecule has 5 heteroatoms. The van der Waals surface area contributed by atoms with Crippen molar-refractivity contribution in [3.05, 3.63) is 52.0 Å². The Hall–Kier alpha value is -1.59. The predicted octanol–water partition coefficient (Wildman–Crippen LogP) is 4.03. The average molecular weight is 348 g/mol. The molecule has 0 bridgehead atoms. The first-order chi connectivity index (χ1) is 10.1. The molecule has 2 heterocycles. The number of hydrogen-bond acceptors (Lipinski definition) is 3. The van der Waals surface area contributed by atoms with Crippen molar-refractivity contribution >= 4 is 26.9 Å². The summed E-state index contributed by atoms with van der Waals surface area (Å²) in [5, 5.41) is 8.84. The highest BCUT2D eigenvalue weighted by molar-refractivity contribution is 9.10. The molecule has 1 atom stereocenters. The highest BCUT2D eigenvalue weighted by Gasteiger charge is 2.23. The molecule has 3 rings (SSSR count). The molecule has 1 aromatic carbocycles.